The predicted octanol–water partition coefficient (Wildman–Crippen LogP) is 2.10. The highest BCUT2D eigenvalue weighted by atomic mass is 79.9. The van der Waals surface area contributed by atoms with Crippen LogP contribution in [-0.2, 0) is 4.79 Å². The molecule has 9 nitrogen and oxygen atoms in total. The smallest absolute Gasteiger partial charge is 0.341 e. The van der Waals surface area contributed by atoms with Crippen molar-refractivity contribution >= 4 is 33.6 Å². The van der Waals surface area contributed by atoms with Crippen LogP contribution in [0.1, 0.15) is 6.92 Å². The number of likely N-dealkylation sites (tertiary alicyclic amines) is 1. The van der Waals surface area contributed by atoms with Crippen molar-refractivity contribution < 1.29 is 18.3 Å². The van der Waals surface area contributed by atoms with Gasteiger partial charge in [0.25, 0.3) is 0 Å². The molecule has 1 fully saturated rings. The molecule has 3 aromatic rings. The van der Waals surface area contributed by atoms with Gasteiger partial charge in [-0.1, -0.05) is 16.9 Å². The van der Waals surface area contributed by atoms with E-state index in [-0.39, 0.29) is 27.1 Å². The summed E-state index contributed by atoms with van der Waals surface area (Å²) < 4.78 is 24.4. The van der Waals surface area contributed by atoms with Gasteiger partial charge in [-0.25, -0.2) is 18.4 Å². The van der Waals surface area contributed by atoms with Crippen LogP contribution in [-0.4, -0.2) is 49.2 Å². The summed E-state index contributed by atoms with van der Waals surface area (Å²) in [6.07, 6.45) is 0. The molecule has 27 heavy (non-hydrogen) atoms. The second kappa shape index (κ2) is 6.93. The fourth-order valence-electron chi connectivity index (χ4n) is 2.57. The molecule has 3 heterocycles. The first-order valence-corrected chi connectivity index (χ1v) is 9.40. The molecule has 0 bridgehead atoms. The number of amides is 1. The number of carbonyl (C=O) groups excluding carboxylic acids is 1. The van der Waals surface area contributed by atoms with E-state index in [2.05, 4.69) is 31.4 Å². The molecule has 0 saturated carbocycles. The topological polar surface area (TPSA) is 107 Å². The van der Waals surface area contributed by atoms with Gasteiger partial charge in [0.1, 0.15) is 5.82 Å². The summed E-state index contributed by atoms with van der Waals surface area (Å²) in [5, 5.41) is 12.0. The van der Waals surface area contributed by atoms with Gasteiger partial charge in [-0.05, 0) is 44.4 Å². The van der Waals surface area contributed by atoms with E-state index in [0.717, 1.165) is 4.57 Å². The van der Waals surface area contributed by atoms with E-state index >= 15 is 0 Å². The van der Waals surface area contributed by atoms with Crippen LogP contribution >= 0.6 is 27.7 Å². The monoisotopic (exact) mass is 455 g/mol. The van der Waals surface area contributed by atoms with Crippen molar-refractivity contribution in [2.24, 2.45) is 0 Å². The molecule has 140 valence electrons. The van der Waals surface area contributed by atoms with Crippen LogP contribution in [0.5, 0.6) is 0 Å². The van der Waals surface area contributed by atoms with Gasteiger partial charge in [0, 0.05) is 25.3 Å². The molecule has 0 N–H and O–H groups in total. The Labute approximate surface area is 163 Å². The van der Waals surface area contributed by atoms with Gasteiger partial charge in [0.2, 0.25) is 11.7 Å². The second-order valence-electron chi connectivity index (χ2n) is 5.79. The lowest BCUT2D eigenvalue weighted by Crippen LogP contribution is -2.51. The Hall–Kier alpha value is -2.47. The predicted molar refractivity (Wildman–Crippen MR) is 94.9 cm³/mol. The van der Waals surface area contributed by atoms with Crippen LogP contribution in [0.4, 0.5) is 4.39 Å². The third-order valence-corrected chi connectivity index (χ3v) is 5.74. The van der Waals surface area contributed by atoms with E-state index in [1.807, 2.05) is 0 Å². The van der Waals surface area contributed by atoms with Crippen LogP contribution in [0.15, 0.2) is 41.6 Å². The number of nitrogens with zero attached hydrogens (tertiary/aromatic N) is 5. The Balaban J connectivity index is 1.66. The summed E-state index contributed by atoms with van der Waals surface area (Å²) in [7, 11) is 0. The van der Waals surface area contributed by atoms with Crippen molar-refractivity contribution in [1.29, 1.82) is 0 Å². The summed E-state index contributed by atoms with van der Waals surface area (Å²) in [6, 6.07) is 4.05. The lowest BCUT2D eigenvalue weighted by molar-refractivity contribution is -0.131. The van der Waals surface area contributed by atoms with Crippen molar-refractivity contribution in [2.75, 3.05) is 13.1 Å². The number of carbonyl (C=O) groups is 1. The third kappa shape index (κ3) is 3.30. The standard InChI is InChI=1S/C15H11BrFN5O4S/c1-7(23)21-5-9(6-21)27-14-12(18-26-20-14)13-19-25-15(24)22(13)8-2-3-11(17)10(16)4-8/h2-4,9H,5-6H2,1H3. The highest BCUT2D eigenvalue weighted by Crippen LogP contribution is 2.34. The van der Waals surface area contributed by atoms with Crippen LogP contribution < -0.4 is 5.76 Å². The van der Waals surface area contributed by atoms with Crippen molar-refractivity contribution in [3.8, 4) is 17.2 Å². The fraction of sp³-hybridized carbons (Fsp3) is 0.267. The van der Waals surface area contributed by atoms with E-state index in [0.29, 0.717) is 23.8 Å². The Morgan fingerprint density at radius 2 is 2.11 bits per heavy atom. The number of hydrogen-bond acceptors (Lipinski definition) is 8. The Kier molecular flexibility index (Phi) is 4.60. The van der Waals surface area contributed by atoms with Crippen LogP contribution in [0.25, 0.3) is 17.2 Å². The third-order valence-electron chi connectivity index (χ3n) is 4.01. The van der Waals surface area contributed by atoms with Gasteiger partial charge >= 0.3 is 5.76 Å². The van der Waals surface area contributed by atoms with Crippen molar-refractivity contribution in [3.05, 3.63) is 39.0 Å². The van der Waals surface area contributed by atoms with Gasteiger partial charge in [-0.3, -0.25) is 9.32 Å². The van der Waals surface area contributed by atoms with Gasteiger partial charge < -0.3 is 4.90 Å². The molecule has 0 unspecified atom stereocenters. The molecule has 1 amide bonds. The maximum absolute atomic E-state index is 13.5. The highest BCUT2D eigenvalue weighted by molar-refractivity contribution is 9.10. The average molecular weight is 456 g/mol. The molecular formula is C15H11BrFN5O4S. The molecule has 0 radical (unpaired) electrons. The molecule has 1 saturated heterocycles. The summed E-state index contributed by atoms with van der Waals surface area (Å²) in [5.74, 6) is -1.12. The first kappa shape index (κ1) is 17.9. The number of hydrogen-bond donors (Lipinski definition) is 0. The summed E-state index contributed by atoms with van der Waals surface area (Å²) in [4.78, 5) is 25.1. The fourth-order valence-corrected chi connectivity index (χ4v) is 4.08. The Morgan fingerprint density at radius 3 is 2.81 bits per heavy atom. The van der Waals surface area contributed by atoms with Crippen molar-refractivity contribution in [1.82, 2.24) is 24.9 Å². The van der Waals surface area contributed by atoms with Crippen LogP contribution in [0.3, 0.4) is 0 Å². The van der Waals surface area contributed by atoms with Crippen LogP contribution in [0.2, 0.25) is 0 Å². The number of benzene rings is 1. The minimum absolute atomic E-state index is 0.0116. The van der Waals surface area contributed by atoms with Gasteiger partial charge in [0.15, 0.2) is 10.7 Å². The molecular weight excluding hydrogens is 445 g/mol. The normalized spacial score (nSPS) is 14.4. The molecule has 4 rings (SSSR count). The lowest BCUT2D eigenvalue weighted by atomic mass is 10.2. The average Bonchev–Trinajstić information content (AvgIpc) is 3.19. The molecule has 0 aliphatic carbocycles. The molecule has 2 aromatic heterocycles. The molecule has 1 aliphatic heterocycles. The van der Waals surface area contributed by atoms with Crippen molar-refractivity contribution in [2.45, 2.75) is 17.2 Å². The minimum atomic E-state index is -0.756. The molecule has 12 heteroatoms. The van der Waals surface area contributed by atoms with E-state index < -0.39 is 11.6 Å². The number of rotatable bonds is 4. The second-order valence-corrected chi connectivity index (χ2v) is 7.93. The number of thioether (sulfide) groups is 1. The first-order chi connectivity index (χ1) is 12.9. The quantitative estimate of drug-likeness (QED) is 0.588. The summed E-state index contributed by atoms with van der Waals surface area (Å²) in [5.41, 5.74) is 0.572. The highest BCUT2D eigenvalue weighted by Gasteiger charge is 2.32. The van der Waals surface area contributed by atoms with E-state index in [4.69, 9.17) is 9.15 Å². The van der Waals surface area contributed by atoms with Gasteiger partial charge in [-0.2, -0.15) is 0 Å². The van der Waals surface area contributed by atoms with Gasteiger partial charge in [-0.15, -0.1) is 0 Å². The zero-order valence-electron chi connectivity index (χ0n) is 13.8. The van der Waals surface area contributed by atoms with E-state index in [1.165, 1.54) is 36.9 Å². The van der Waals surface area contributed by atoms with E-state index in [9.17, 15) is 14.0 Å². The Morgan fingerprint density at radius 1 is 1.33 bits per heavy atom. The molecule has 0 atom stereocenters. The minimum Gasteiger partial charge on any atom is -0.341 e. The lowest BCUT2D eigenvalue weighted by Gasteiger charge is -2.37. The maximum atomic E-state index is 13.5. The summed E-state index contributed by atoms with van der Waals surface area (Å²) in [6.45, 7) is 2.69. The van der Waals surface area contributed by atoms with E-state index in [1.54, 1.807) is 4.90 Å². The molecule has 0 spiro atoms. The Bertz CT molecular complexity index is 1070. The largest absolute Gasteiger partial charge is 0.446 e. The zero-order chi connectivity index (χ0) is 19.1. The van der Waals surface area contributed by atoms with Crippen LogP contribution in [0, 0.1) is 5.82 Å². The first-order valence-electron chi connectivity index (χ1n) is 7.73. The SMILES string of the molecule is CC(=O)N1CC(Sc2nonc2-c2noc(=O)n2-c2ccc(F)c(Br)c2)C1. The molecule has 1 aliphatic rings. The summed E-state index contributed by atoms with van der Waals surface area (Å²) >= 11 is 4.46. The zero-order valence-corrected chi connectivity index (χ0v) is 16.2. The maximum Gasteiger partial charge on any atom is 0.446 e. The van der Waals surface area contributed by atoms with Crippen molar-refractivity contribution in [3.63, 3.8) is 0 Å². The number of aromatic nitrogens is 4. The molecule has 1 aromatic carbocycles. The number of halogens is 2. The van der Waals surface area contributed by atoms with Gasteiger partial charge in [0.05, 0.1) is 10.2 Å².